The Hall–Kier alpha value is -1.65. The van der Waals surface area contributed by atoms with Crippen LogP contribution in [0.1, 0.15) is 6.92 Å². The number of carbonyl (C=O) groups is 1. The molecule has 0 fully saturated rings. The molecular weight excluding hydrogens is 443 g/mol. The van der Waals surface area contributed by atoms with Gasteiger partial charge in [0.15, 0.2) is 0 Å². The maximum atomic E-state index is 12.3. The molecule has 2 aromatic rings. The summed E-state index contributed by atoms with van der Waals surface area (Å²) in [4.78, 5) is 12.2. The van der Waals surface area contributed by atoms with Gasteiger partial charge in [0.25, 0.3) is 0 Å². The number of benzene rings is 2. The Morgan fingerprint density at radius 2 is 1.67 bits per heavy atom. The van der Waals surface area contributed by atoms with Gasteiger partial charge in [0.1, 0.15) is 5.75 Å². The van der Waals surface area contributed by atoms with E-state index < -0.39 is 22.0 Å². The number of ether oxygens (including phenoxy) is 1. The van der Waals surface area contributed by atoms with E-state index in [2.05, 4.69) is 32.6 Å². The minimum absolute atomic E-state index is 0.0669. The number of sulfonamides is 1. The molecule has 2 rings (SSSR count). The lowest BCUT2D eigenvalue weighted by Crippen LogP contribution is -2.41. The zero-order valence-electron chi connectivity index (χ0n) is 13.1. The molecule has 8 heteroatoms. The zero-order valence-corrected chi connectivity index (χ0v) is 16.1. The Bertz CT molecular complexity index is 805. The van der Waals surface area contributed by atoms with E-state index in [1.807, 2.05) is 12.1 Å². The van der Waals surface area contributed by atoms with Crippen molar-refractivity contribution in [3.05, 3.63) is 52.1 Å². The highest BCUT2D eigenvalue weighted by Gasteiger charge is 2.22. The standard InChI is InChI=1S/C16H17IN2O4S/c1-11(16(20)18-13-5-3-12(17)4-6-13)19-24(21,22)15-9-7-14(23-2)8-10-15/h3-11,19H,1-2H3,(H,18,20). The summed E-state index contributed by atoms with van der Waals surface area (Å²) in [6.07, 6.45) is 0. The van der Waals surface area contributed by atoms with E-state index in [0.717, 1.165) is 3.57 Å². The Morgan fingerprint density at radius 3 is 2.21 bits per heavy atom. The molecule has 0 saturated heterocycles. The highest BCUT2D eigenvalue weighted by molar-refractivity contribution is 14.1. The molecule has 2 N–H and O–H groups in total. The fourth-order valence-corrected chi connectivity index (χ4v) is 3.46. The van der Waals surface area contributed by atoms with Crippen LogP contribution in [0.25, 0.3) is 0 Å². The third-order valence-corrected chi connectivity index (χ3v) is 5.48. The van der Waals surface area contributed by atoms with Crippen molar-refractivity contribution in [2.45, 2.75) is 17.9 Å². The van der Waals surface area contributed by atoms with Crippen molar-refractivity contribution < 1.29 is 17.9 Å². The number of carbonyl (C=O) groups excluding carboxylic acids is 1. The molecule has 1 unspecified atom stereocenters. The predicted molar refractivity (Wildman–Crippen MR) is 101 cm³/mol. The van der Waals surface area contributed by atoms with Crippen LogP contribution in [0.5, 0.6) is 5.75 Å². The average Bonchev–Trinajstić information content (AvgIpc) is 2.56. The molecule has 0 bridgehead atoms. The van der Waals surface area contributed by atoms with Crippen molar-refractivity contribution in [3.8, 4) is 5.75 Å². The van der Waals surface area contributed by atoms with Gasteiger partial charge in [0.05, 0.1) is 18.0 Å². The van der Waals surface area contributed by atoms with Crippen LogP contribution >= 0.6 is 22.6 Å². The summed E-state index contributed by atoms with van der Waals surface area (Å²) in [5, 5.41) is 2.67. The van der Waals surface area contributed by atoms with Gasteiger partial charge in [-0.1, -0.05) is 0 Å². The Balaban J connectivity index is 2.04. The Labute approximate surface area is 154 Å². The molecule has 0 saturated carbocycles. The summed E-state index contributed by atoms with van der Waals surface area (Å²) < 4.78 is 33.0. The van der Waals surface area contributed by atoms with Crippen LogP contribution < -0.4 is 14.8 Å². The zero-order chi connectivity index (χ0) is 17.7. The number of methoxy groups -OCH3 is 1. The number of halogens is 1. The fourth-order valence-electron chi connectivity index (χ4n) is 1.89. The topological polar surface area (TPSA) is 84.5 Å². The lowest BCUT2D eigenvalue weighted by Gasteiger charge is -2.14. The molecule has 6 nitrogen and oxygen atoms in total. The molecule has 128 valence electrons. The van der Waals surface area contributed by atoms with Crippen molar-refractivity contribution in [2.75, 3.05) is 12.4 Å². The fraction of sp³-hybridized carbons (Fsp3) is 0.188. The molecule has 0 aliphatic carbocycles. The van der Waals surface area contributed by atoms with E-state index in [4.69, 9.17) is 4.74 Å². The first-order valence-corrected chi connectivity index (χ1v) is 9.61. The Kier molecular flexibility index (Phi) is 6.19. The molecule has 1 atom stereocenters. The van der Waals surface area contributed by atoms with Gasteiger partial charge in [-0.05, 0) is 78.0 Å². The SMILES string of the molecule is COc1ccc(S(=O)(=O)NC(C)C(=O)Nc2ccc(I)cc2)cc1. The number of hydrogen-bond donors (Lipinski definition) is 2. The van der Waals surface area contributed by atoms with Crippen LogP contribution in [-0.2, 0) is 14.8 Å². The second-order valence-electron chi connectivity index (χ2n) is 5.01. The smallest absolute Gasteiger partial charge is 0.242 e. The van der Waals surface area contributed by atoms with Crippen LogP contribution in [0.4, 0.5) is 5.69 Å². The van der Waals surface area contributed by atoms with Crippen LogP contribution in [0.2, 0.25) is 0 Å². The normalized spacial score (nSPS) is 12.5. The number of amides is 1. The minimum Gasteiger partial charge on any atom is -0.497 e. The number of rotatable bonds is 6. The molecular formula is C16H17IN2O4S. The maximum absolute atomic E-state index is 12.3. The monoisotopic (exact) mass is 460 g/mol. The number of hydrogen-bond acceptors (Lipinski definition) is 4. The molecule has 24 heavy (non-hydrogen) atoms. The van der Waals surface area contributed by atoms with Crippen molar-refractivity contribution in [1.82, 2.24) is 4.72 Å². The van der Waals surface area contributed by atoms with Gasteiger partial charge in [-0.2, -0.15) is 4.72 Å². The van der Waals surface area contributed by atoms with Crippen molar-refractivity contribution in [3.63, 3.8) is 0 Å². The summed E-state index contributed by atoms with van der Waals surface area (Å²) in [6, 6.07) is 12.2. The quantitative estimate of drug-likeness (QED) is 0.650. The first-order chi connectivity index (χ1) is 11.3. The largest absolute Gasteiger partial charge is 0.497 e. The maximum Gasteiger partial charge on any atom is 0.242 e. The van der Waals surface area contributed by atoms with E-state index in [1.165, 1.54) is 26.2 Å². The molecule has 0 radical (unpaired) electrons. The van der Waals surface area contributed by atoms with Crippen molar-refractivity contribution >= 4 is 44.2 Å². The van der Waals surface area contributed by atoms with E-state index in [9.17, 15) is 13.2 Å². The Morgan fingerprint density at radius 1 is 1.08 bits per heavy atom. The highest BCUT2D eigenvalue weighted by atomic mass is 127. The molecule has 2 aromatic carbocycles. The number of nitrogens with one attached hydrogen (secondary N) is 2. The van der Waals surface area contributed by atoms with E-state index in [1.54, 1.807) is 24.3 Å². The minimum atomic E-state index is -3.80. The van der Waals surface area contributed by atoms with Gasteiger partial charge in [0, 0.05) is 9.26 Å². The first kappa shape index (κ1) is 18.7. The molecule has 1 amide bonds. The molecule has 0 aliphatic heterocycles. The molecule has 0 aliphatic rings. The van der Waals surface area contributed by atoms with Crippen molar-refractivity contribution in [2.24, 2.45) is 0 Å². The third-order valence-electron chi connectivity index (χ3n) is 3.21. The van der Waals surface area contributed by atoms with Gasteiger partial charge in [-0.3, -0.25) is 4.79 Å². The van der Waals surface area contributed by atoms with Gasteiger partial charge < -0.3 is 10.1 Å². The lowest BCUT2D eigenvalue weighted by atomic mass is 10.3. The van der Waals surface area contributed by atoms with Gasteiger partial charge >= 0.3 is 0 Å². The van der Waals surface area contributed by atoms with Gasteiger partial charge in [-0.15, -0.1) is 0 Å². The second kappa shape index (κ2) is 7.95. The van der Waals surface area contributed by atoms with Crippen LogP contribution in [-0.4, -0.2) is 27.5 Å². The average molecular weight is 460 g/mol. The number of anilines is 1. The van der Waals surface area contributed by atoms with Crippen LogP contribution in [0.3, 0.4) is 0 Å². The molecule has 0 aromatic heterocycles. The molecule has 0 heterocycles. The van der Waals surface area contributed by atoms with Crippen LogP contribution in [0, 0.1) is 3.57 Å². The summed E-state index contributed by atoms with van der Waals surface area (Å²) >= 11 is 2.16. The van der Waals surface area contributed by atoms with Crippen LogP contribution in [0.15, 0.2) is 53.4 Å². The third kappa shape index (κ3) is 4.92. The summed E-state index contributed by atoms with van der Waals surface area (Å²) in [5.41, 5.74) is 0.607. The second-order valence-corrected chi connectivity index (χ2v) is 7.97. The van der Waals surface area contributed by atoms with E-state index in [-0.39, 0.29) is 4.90 Å². The summed E-state index contributed by atoms with van der Waals surface area (Å²) in [5.74, 6) is 0.117. The molecule has 0 spiro atoms. The first-order valence-electron chi connectivity index (χ1n) is 7.04. The lowest BCUT2D eigenvalue weighted by molar-refractivity contribution is -0.117. The van der Waals surface area contributed by atoms with Crippen molar-refractivity contribution in [1.29, 1.82) is 0 Å². The summed E-state index contributed by atoms with van der Waals surface area (Å²) in [6.45, 7) is 1.49. The van der Waals surface area contributed by atoms with E-state index >= 15 is 0 Å². The van der Waals surface area contributed by atoms with Gasteiger partial charge in [0.2, 0.25) is 15.9 Å². The highest BCUT2D eigenvalue weighted by Crippen LogP contribution is 2.16. The van der Waals surface area contributed by atoms with Gasteiger partial charge in [-0.25, -0.2) is 8.42 Å². The summed E-state index contributed by atoms with van der Waals surface area (Å²) in [7, 11) is -2.30. The van der Waals surface area contributed by atoms with E-state index in [0.29, 0.717) is 11.4 Å². The predicted octanol–water partition coefficient (Wildman–Crippen LogP) is 2.61.